The Balaban J connectivity index is 1.97. The lowest BCUT2D eigenvalue weighted by Gasteiger charge is -2.11. The van der Waals surface area contributed by atoms with E-state index >= 15 is 0 Å². The number of hydrogen-bond acceptors (Lipinski definition) is 5. The molecule has 0 fully saturated rings. The maximum atomic E-state index is 10.6. The predicted molar refractivity (Wildman–Crippen MR) is 85.9 cm³/mol. The molecule has 1 heterocycles. The van der Waals surface area contributed by atoms with Crippen molar-refractivity contribution in [3.8, 4) is 11.4 Å². The van der Waals surface area contributed by atoms with Crippen LogP contribution >= 0.6 is 0 Å². The Morgan fingerprint density at radius 3 is 2.83 bits per heavy atom. The third kappa shape index (κ3) is 3.24. The summed E-state index contributed by atoms with van der Waals surface area (Å²) in [6, 6.07) is 11.3. The first-order chi connectivity index (χ1) is 11.1. The summed E-state index contributed by atoms with van der Waals surface area (Å²) in [7, 11) is 1.61. The molecule has 0 aliphatic heterocycles. The van der Waals surface area contributed by atoms with Crippen LogP contribution in [0.1, 0.15) is 11.1 Å². The highest BCUT2D eigenvalue weighted by molar-refractivity contribution is 7.77. The smallest absolute Gasteiger partial charge is 0.121 e. The van der Waals surface area contributed by atoms with E-state index in [1.165, 1.54) is 0 Å². The summed E-state index contributed by atoms with van der Waals surface area (Å²) in [6.45, 7) is 2.20. The summed E-state index contributed by atoms with van der Waals surface area (Å²) in [6.07, 6.45) is 0. The van der Waals surface area contributed by atoms with Gasteiger partial charge in [-0.3, -0.25) is 4.21 Å². The van der Waals surface area contributed by atoms with Crippen LogP contribution < -0.4 is 9.46 Å². The van der Waals surface area contributed by atoms with Gasteiger partial charge in [0.1, 0.15) is 11.3 Å². The van der Waals surface area contributed by atoms with Gasteiger partial charge in [-0.05, 0) is 36.2 Å². The second-order valence-corrected chi connectivity index (χ2v) is 5.79. The van der Waals surface area contributed by atoms with Crippen molar-refractivity contribution in [1.29, 1.82) is 0 Å². The van der Waals surface area contributed by atoms with E-state index in [1.54, 1.807) is 11.8 Å². The quantitative estimate of drug-likeness (QED) is 0.717. The second-order valence-electron chi connectivity index (χ2n) is 5.03. The molecule has 2 aromatic carbocycles. The average Bonchev–Trinajstić information content (AvgIpc) is 2.95. The van der Waals surface area contributed by atoms with Crippen LogP contribution in [0.4, 0.5) is 0 Å². The molecule has 0 amide bonds. The Hall–Kier alpha value is -2.29. The summed E-state index contributed by atoms with van der Waals surface area (Å²) >= 11 is -2.27. The largest absolute Gasteiger partial charge is 0.760 e. The molecule has 3 aromatic rings. The summed E-state index contributed by atoms with van der Waals surface area (Å²) in [5.41, 5.74) is 4.37. The summed E-state index contributed by atoms with van der Waals surface area (Å²) < 4.78 is 30.4. The highest BCUT2D eigenvalue weighted by atomic mass is 32.2. The highest BCUT2D eigenvalue weighted by Gasteiger charge is 2.10. The highest BCUT2D eigenvalue weighted by Crippen LogP contribution is 2.23. The lowest BCUT2D eigenvalue weighted by atomic mass is 10.1. The first-order valence-corrected chi connectivity index (χ1v) is 7.98. The number of aryl methyl sites for hydroxylation is 1. The molecule has 7 nitrogen and oxygen atoms in total. The van der Waals surface area contributed by atoms with E-state index in [9.17, 15) is 8.76 Å². The summed E-state index contributed by atoms with van der Waals surface area (Å²) in [4.78, 5) is 0. The molecule has 0 saturated carbocycles. The maximum absolute atomic E-state index is 10.6. The standard InChI is InChI=1S/C15H16N4O3S/c1-10-7-11(9-16-23(20)21)3-5-14(10)19-15-6-4-12(22-2)8-13(15)17-18-19/h3-8,16H,9H2,1-2H3,(H,20,21)/p-1. The number of nitrogens with one attached hydrogen (secondary N) is 1. The summed E-state index contributed by atoms with van der Waals surface area (Å²) in [5.74, 6) is 0.730. The van der Waals surface area contributed by atoms with Crippen molar-refractivity contribution in [1.82, 2.24) is 19.7 Å². The van der Waals surface area contributed by atoms with Crippen LogP contribution in [0.15, 0.2) is 36.4 Å². The molecule has 23 heavy (non-hydrogen) atoms. The Morgan fingerprint density at radius 2 is 2.13 bits per heavy atom. The van der Waals surface area contributed by atoms with E-state index in [-0.39, 0.29) is 6.54 Å². The fraction of sp³-hybridized carbons (Fsp3) is 0.200. The predicted octanol–water partition coefficient (Wildman–Crippen LogP) is 1.62. The number of aromatic nitrogens is 3. The lowest BCUT2D eigenvalue weighted by Crippen LogP contribution is -2.15. The van der Waals surface area contributed by atoms with Gasteiger partial charge in [-0.1, -0.05) is 17.3 Å². The first kappa shape index (κ1) is 15.6. The van der Waals surface area contributed by atoms with Crippen LogP contribution in [0, 0.1) is 6.92 Å². The molecule has 1 aromatic heterocycles. The van der Waals surface area contributed by atoms with Gasteiger partial charge in [0.15, 0.2) is 0 Å². The van der Waals surface area contributed by atoms with Gasteiger partial charge in [-0.2, -0.15) is 0 Å². The maximum Gasteiger partial charge on any atom is 0.121 e. The van der Waals surface area contributed by atoms with Crippen molar-refractivity contribution in [2.75, 3.05) is 7.11 Å². The van der Waals surface area contributed by atoms with Crippen molar-refractivity contribution in [3.05, 3.63) is 47.5 Å². The molecule has 0 aliphatic carbocycles. The zero-order chi connectivity index (χ0) is 16.4. The van der Waals surface area contributed by atoms with E-state index in [2.05, 4.69) is 15.0 Å². The van der Waals surface area contributed by atoms with Crippen molar-refractivity contribution in [2.45, 2.75) is 13.5 Å². The molecule has 1 atom stereocenters. The van der Waals surface area contributed by atoms with Gasteiger partial charge in [-0.25, -0.2) is 9.40 Å². The number of hydrogen-bond donors (Lipinski definition) is 1. The van der Waals surface area contributed by atoms with E-state index in [4.69, 9.17) is 4.74 Å². The van der Waals surface area contributed by atoms with Gasteiger partial charge < -0.3 is 9.29 Å². The van der Waals surface area contributed by atoms with Gasteiger partial charge >= 0.3 is 0 Å². The van der Waals surface area contributed by atoms with Gasteiger partial charge in [0.05, 0.1) is 18.3 Å². The molecule has 0 saturated heterocycles. The fourth-order valence-electron chi connectivity index (χ4n) is 2.42. The second kappa shape index (κ2) is 6.45. The zero-order valence-electron chi connectivity index (χ0n) is 12.6. The number of fused-ring (bicyclic) bond motifs is 1. The molecule has 0 bridgehead atoms. The van der Waals surface area contributed by atoms with Crippen LogP contribution in [-0.4, -0.2) is 30.9 Å². The number of nitrogens with zero attached hydrogens (tertiary/aromatic N) is 3. The Morgan fingerprint density at radius 1 is 1.30 bits per heavy atom. The Labute approximate surface area is 135 Å². The van der Waals surface area contributed by atoms with Crippen LogP contribution in [0.25, 0.3) is 16.7 Å². The van der Waals surface area contributed by atoms with Gasteiger partial charge in [-0.15, -0.1) is 5.10 Å². The van der Waals surface area contributed by atoms with Crippen LogP contribution in [-0.2, 0) is 17.8 Å². The van der Waals surface area contributed by atoms with Gasteiger partial charge in [0, 0.05) is 23.9 Å². The molecule has 3 rings (SSSR count). The van der Waals surface area contributed by atoms with Crippen LogP contribution in [0.2, 0.25) is 0 Å². The number of methoxy groups -OCH3 is 1. The molecule has 0 spiro atoms. The summed E-state index contributed by atoms with van der Waals surface area (Å²) in [5, 5.41) is 8.37. The number of ether oxygens (including phenoxy) is 1. The third-order valence-corrected chi connectivity index (χ3v) is 3.92. The molecular formula is C15H15N4O3S-. The first-order valence-electron chi connectivity index (χ1n) is 6.90. The lowest BCUT2D eigenvalue weighted by molar-refractivity contribution is 0.415. The number of rotatable bonds is 5. The minimum absolute atomic E-state index is 0.256. The molecular weight excluding hydrogens is 316 g/mol. The SMILES string of the molecule is COc1ccc2c(c1)nnn2-c1ccc(CNS(=O)[O-])cc1C. The monoisotopic (exact) mass is 331 g/mol. The molecule has 8 heteroatoms. The van der Waals surface area contributed by atoms with Crippen molar-refractivity contribution in [3.63, 3.8) is 0 Å². The van der Waals surface area contributed by atoms with E-state index in [0.29, 0.717) is 0 Å². The Bertz CT molecular complexity index is 878. The minimum atomic E-state index is -2.27. The van der Waals surface area contributed by atoms with Crippen molar-refractivity contribution >= 4 is 22.3 Å². The van der Waals surface area contributed by atoms with E-state index < -0.39 is 11.3 Å². The third-order valence-electron chi connectivity index (χ3n) is 3.54. The van der Waals surface area contributed by atoms with E-state index in [0.717, 1.165) is 33.6 Å². The van der Waals surface area contributed by atoms with E-state index in [1.807, 2.05) is 43.3 Å². The number of benzene rings is 2. The van der Waals surface area contributed by atoms with Crippen molar-refractivity contribution in [2.24, 2.45) is 0 Å². The molecule has 120 valence electrons. The average molecular weight is 331 g/mol. The topological polar surface area (TPSA) is 92.1 Å². The van der Waals surface area contributed by atoms with Crippen LogP contribution in [0.5, 0.6) is 5.75 Å². The zero-order valence-corrected chi connectivity index (χ0v) is 13.5. The van der Waals surface area contributed by atoms with Crippen LogP contribution in [0.3, 0.4) is 0 Å². The Kier molecular flexibility index (Phi) is 4.37. The van der Waals surface area contributed by atoms with Gasteiger partial charge in [0.2, 0.25) is 0 Å². The molecule has 0 radical (unpaired) electrons. The normalized spacial score (nSPS) is 12.5. The van der Waals surface area contributed by atoms with Gasteiger partial charge in [0.25, 0.3) is 0 Å². The molecule has 1 N–H and O–H groups in total. The van der Waals surface area contributed by atoms with Crippen molar-refractivity contribution < 1.29 is 13.5 Å². The molecule has 0 aliphatic rings. The minimum Gasteiger partial charge on any atom is -0.760 e. The fourth-order valence-corrected chi connectivity index (χ4v) is 2.70. The molecule has 1 unspecified atom stereocenters.